The molecule has 1 unspecified atom stereocenters. The molecule has 2 heterocycles. The lowest BCUT2D eigenvalue weighted by atomic mass is 9.66. The number of likely N-dealkylation sites (tertiary alicyclic amines) is 1. The van der Waals surface area contributed by atoms with E-state index in [0.717, 1.165) is 12.8 Å². The van der Waals surface area contributed by atoms with Gasteiger partial charge in [0, 0.05) is 50.4 Å². The van der Waals surface area contributed by atoms with Gasteiger partial charge in [-0.15, -0.1) is 0 Å². The van der Waals surface area contributed by atoms with Crippen LogP contribution in [0.2, 0.25) is 0 Å². The van der Waals surface area contributed by atoms with Crippen LogP contribution < -0.4 is 5.56 Å². The Kier molecular flexibility index (Phi) is 6.75. The molecule has 2 amide bonds. The summed E-state index contributed by atoms with van der Waals surface area (Å²) < 4.78 is 1.40. The van der Waals surface area contributed by atoms with Crippen molar-refractivity contribution in [2.75, 3.05) is 27.2 Å². The summed E-state index contributed by atoms with van der Waals surface area (Å²) in [5, 5.41) is 31.0. The molecule has 1 aromatic carbocycles. The number of carboxylic acid groups (broad SMARTS) is 1. The van der Waals surface area contributed by atoms with Crippen molar-refractivity contribution >= 4 is 12.0 Å². The number of carbonyl (C=O) groups excluding carboxylic acids is 1. The number of pyridine rings is 1. The molecule has 2 aromatic rings. The first-order valence-corrected chi connectivity index (χ1v) is 12.0. The monoisotopic (exact) mass is 483 g/mol. The summed E-state index contributed by atoms with van der Waals surface area (Å²) in [7, 11) is 3.27. The summed E-state index contributed by atoms with van der Waals surface area (Å²) in [6.45, 7) is 0.259. The number of amides is 2. The Balaban J connectivity index is 1.77. The quantitative estimate of drug-likeness (QED) is 0.600. The predicted octanol–water partition coefficient (Wildman–Crippen LogP) is 2.38. The van der Waals surface area contributed by atoms with Gasteiger partial charge < -0.3 is 29.7 Å². The van der Waals surface area contributed by atoms with E-state index in [1.807, 2.05) is 0 Å². The summed E-state index contributed by atoms with van der Waals surface area (Å²) in [6, 6.07) is 8.46. The molecule has 0 bridgehead atoms. The average Bonchev–Trinajstić information content (AvgIpc) is 3.31. The van der Waals surface area contributed by atoms with E-state index in [-0.39, 0.29) is 44.1 Å². The van der Waals surface area contributed by atoms with Gasteiger partial charge >= 0.3 is 6.09 Å². The van der Waals surface area contributed by atoms with Crippen LogP contribution >= 0.6 is 0 Å². The fourth-order valence-electron chi connectivity index (χ4n) is 5.73. The van der Waals surface area contributed by atoms with E-state index in [1.54, 1.807) is 38.4 Å². The second kappa shape index (κ2) is 9.47. The Bertz CT molecular complexity index is 1180. The van der Waals surface area contributed by atoms with E-state index in [0.29, 0.717) is 35.1 Å². The molecule has 1 atom stereocenters. The molecule has 1 aliphatic carbocycles. The Morgan fingerprint density at radius 1 is 1.11 bits per heavy atom. The SMILES string of the molecule is CN(C)C(=O)c1cn(CC2(O)CCN(C(=O)O)CC23CCCC3)c(=O)cc1-c1cccc(CO)c1. The summed E-state index contributed by atoms with van der Waals surface area (Å²) in [5.74, 6) is -0.286. The van der Waals surface area contributed by atoms with Crippen LogP contribution in [0.1, 0.15) is 48.0 Å². The number of aliphatic hydroxyl groups excluding tert-OH is 1. The molecule has 1 saturated heterocycles. The van der Waals surface area contributed by atoms with E-state index in [1.165, 1.54) is 26.6 Å². The number of piperidine rings is 1. The number of benzene rings is 1. The van der Waals surface area contributed by atoms with Crippen molar-refractivity contribution in [1.82, 2.24) is 14.4 Å². The fraction of sp³-hybridized carbons (Fsp3) is 0.500. The fourth-order valence-corrected chi connectivity index (χ4v) is 5.73. The molecule has 1 saturated carbocycles. The predicted molar refractivity (Wildman–Crippen MR) is 130 cm³/mol. The molecule has 0 radical (unpaired) electrons. The van der Waals surface area contributed by atoms with E-state index < -0.39 is 17.1 Å². The zero-order valence-corrected chi connectivity index (χ0v) is 20.2. The van der Waals surface area contributed by atoms with Crippen LogP contribution in [0.15, 0.2) is 41.3 Å². The molecule has 1 aromatic heterocycles. The van der Waals surface area contributed by atoms with Gasteiger partial charge in [0.1, 0.15) is 0 Å². The number of rotatable bonds is 5. The zero-order valence-electron chi connectivity index (χ0n) is 20.2. The number of nitrogens with zero attached hydrogens (tertiary/aromatic N) is 3. The second-order valence-electron chi connectivity index (χ2n) is 10.1. The largest absolute Gasteiger partial charge is 0.465 e. The molecule has 188 valence electrons. The Morgan fingerprint density at radius 3 is 2.46 bits per heavy atom. The highest BCUT2D eigenvalue weighted by Crippen LogP contribution is 2.51. The minimum Gasteiger partial charge on any atom is -0.465 e. The van der Waals surface area contributed by atoms with Gasteiger partial charge in [0.15, 0.2) is 0 Å². The maximum absolute atomic E-state index is 13.3. The molecule has 9 nitrogen and oxygen atoms in total. The third-order valence-electron chi connectivity index (χ3n) is 7.72. The molecule has 2 fully saturated rings. The lowest BCUT2D eigenvalue weighted by Gasteiger charge is -2.51. The van der Waals surface area contributed by atoms with Crippen LogP contribution in [0.5, 0.6) is 0 Å². The summed E-state index contributed by atoms with van der Waals surface area (Å²) >= 11 is 0. The average molecular weight is 484 g/mol. The van der Waals surface area contributed by atoms with E-state index >= 15 is 0 Å². The lowest BCUT2D eigenvalue weighted by Crippen LogP contribution is -2.62. The summed E-state index contributed by atoms with van der Waals surface area (Å²) in [4.78, 5) is 40.8. The molecule has 2 aliphatic rings. The van der Waals surface area contributed by atoms with E-state index in [4.69, 9.17) is 0 Å². The Hall–Kier alpha value is -3.17. The first-order chi connectivity index (χ1) is 16.6. The van der Waals surface area contributed by atoms with Gasteiger partial charge in [-0.3, -0.25) is 9.59 Å². The first kappa shape index (κ1) is 24.9. The van der Waals surface area contributed by atoms with Crippen molar-refractivity contribution in [2.45, 2.75) is 50.9 Å². The van der Waals surface area contributed by atoms with Gasteiger partial charge in [0.2, 0.25) is 0 Å². The minimum absolute atomic E-state index is 0.00996. The highest BCUT2D eigenvalue weighted by atomic mass is 16.4. The molecule has 3 N–H and O–H groups in total. The molecular formula is C26H33N3O6. The zero-order chi connectivity index (χ0) is 25.4. The topological polar surface area (TPSA) is 123 Å². The van der Waals surface area contributed by atoms with Crippen LogP contribution in [-0.2, 0) is 13.2 Å². The molecule has 1 aliphatic heterocycles. The van der Waals surface area contributed by atoms with Gasteiger partial charge in [0.25, 0.3) is 11.5 Å². The van der Waals surface area contributed by atoms with Gasteiger partial charge in [-0.25, -0.2) is 4.79 Å². The lowest BCUT2D eigenvalue weighted by molar-refractivity contribution is -0.137. The first-order valence-electron chi connectivity index (χ1n) is 12.0. The van der Waals surface area contributed by atoms with Crippen molar-refractivity contribution < 1.29 is 24.9 Å². The highest BCUT2D eigenvalue weighted by Gasteiger charge is 2.55. The molecule has 9 heteroatoms. The van der Waals surface area contributed by atoms with Crippen LogP contribution in [-0.4, -0.2) is 74.5 Å². The highest BCUT2D eigenvalue weighted by molar-refractivity contribution is 6.00. The number of hydrogen-bond donors (Lipinski definition) is 3. The van der Waals surface area contributed by atoms with Crippen LogP contribution in [0.3, 0.4) is 0 Å². The van der Waals surface area contributed by atoms with E-state index in [2.05, 4.69) is 0 Å². The van der Waals surface area contributed by atoms with Crippen molar-refractivity contribution in [3.8, 4) is 11.1 Å². The third kappa shape index (κ3) is 4.58. The number of aromatic nitrogens is 1. The number of hydrogen-bond acceptors (Lipinski definition) is 5. The molecule has 4 rings (SSSR count). The summed E-state index contributed by atoms with van der Waals surface area (Å²) in [5.41, 5.74) is -0.157. The standard InChI is InChI=1S/C26H33N3O6/c1-27(2)23(32)21-14-29(22(31)13-20(21)19-7-5-6-18(12-19)15-30)17-26(35)10-11-28(24(33)34)16-25(26)8-3-4-9-25/h5-7,12-14,30,35H,3-4,8-11,15-17H2,1-2H3,(H,33,34). The van der Waals surface area contributed by atoms with Crippen molar-refractivity contribution in [1.29, 1.82) is 0 Å². The van der Waals surface area contributed by atoms with E-state index in [9.17, 15) is 29.7 Å². The van der Waals surface area contributed by atoms with Crippen molar-refractivity contribution in [3.63, 3.8) is 0 Å². The number of carbonyl (C=O) groups is 2. The van der Waals surface area contributed by atoms with Crippen LogP contribution in [0.25, 0.3) is 11.1 Å². The summed E-state index contributed by atoms with van der Waals surface area (Å²) in [6.07, 6.45) is 3.92. The normalized spacial score (nSPS) is 21.3. The molecule has 1 spiro atoms. The number of aliphatic hydroxyl groups is 2. The maximum Gasteiger partial charge on any atom is 0.407 e. The van der Waals surface area contributed by atoms with Gasteiger partial charge in [-0.05, 0) is 36.5 Å². The molecule has 35 heavy (non-hydrogen) atoms. The van der Waals surface area contributed by atoms with Gasteiger partial charge in [-0.1, -0.05) is 31.0 Å². The Labute approximate surface area is 204 Å². The Morgan fingerprint density at radius 2 is 1.83 bits per heavy atom. The van der Waals surface area contributed by atoms with Gasteiger partial charge in [0.05, 0.1) is 24.3 Å². The van der Waals surface area contributed by atoms with Crippen molar-refractivity contribution in [2.24, 2.45) is 5.41 Å². The van der Waals surface area contributed by atoms with Gasteiger partial charge in [-0.2, -0.15) is 0 Å². The van der Waals surface area contributed by atoms with Crippen LogP contribution in [0.4, 0.5) is 4.79 Å². The third-order valence-corrected chi connectivity index (χ3v) is 7.72. The smallest absolute Gasteiger partial charge is 0.407 e. The minimum atomic E-state index is -1.27. The maximum atomic E-state index is 13.3. The van der Waals surface area contributed by atoms with Crippen molar-refractivity contribution in [3.05, 3.63) is 58.0 Å². The van der Waals surface area contributed by atoms with Crippen LogP contribution in [0, 0.1) is 5.41 Å². The second-order valence-corrected chi connectivity index (χ2v) is 10.1. The molecular weight excluding hydrogens is 450 g/mol.